The molecule has 1 amide bonds. The number of hydrogen-bond acceptors (Lipinski definition) is 4. The fourth-order valence-electron chi connectivity index (χ4n) is 2.88. The molecule has 25 heavy (non-hydrogen) atoms. The number of carbonyl (C=O) groups excluding carboxylic acids is 2. The largest absolute Gasteiger partial charge is 0.486 e. The third kappa shape index (κ3) is 3.50. The van der Waals surface area contributed by atoms with Crippen molar-refractivity contribution >= 4 is 17.4 Å². The number of fused-ring (bicyclic) bond motifs is 1. The van der Waals surface area contributed by atoms with Crippen LogP contribution in [0.1, 0.15) is 28.8 Å². The van der Waals surface area contributed by atoms with Crippen LogP contribution in [-0.4, -0.2) is 24.9 Å². The molecule has 0 aromatic heterocycles. The fraction of sp³-hybridized carbons (Fsp3) is 0.300. The van der Waals surface area contributed by atoms with Gasteiger partial charge < -0.3 is 14.8 Å². The Kier molecular flexibility index (Phi) is 4.14. The van der Waals surface area contributed by atoms with Crippen molar-refractivity contribution < 1.29 is 19.1 Å². The van der Waals surface area contributed by atoms with Gasteiger partial charge in [-0.25, -0.2) is 0 Å². The molecule has 1 aliphatic carbocycles. The maximum absolute atomic E-state index is 12.8. The van der Waals surface area contributed by atoms with Gasteiger partial charge in [-0.3, -0.25) is 9.59 Å². The number of anilines is 1. The molecule has 2 aromatic rings. The van der Waals surface area contributed by atoms with Crippen molar-refractivity contribution in [3.8, 4) is 11.5 Å². The Balaban J connectivity index is 1.65. The van der Waals surface area contributed by atoms with Gasteiger partial charge in [0.1, 0.15) is 13.2 Å². The molecular weight excluding hydrogens is 318 g/mol. The highest BCUT2D eigenvalue weighted by atomic mass is 16.6. The van der Waals surface area contributed by atoms with E-state index in [1.165, 1.54) is 0 Å². The smallest absolute Gasteiger partial charge is 0.227 e. The molecule has 0 bridgehead atoms. The summed E-state index contributed by atoms with van der Waals surface area (Å²) in [6, 6.07) is 12.9. The standard InChI is InChI=1S/C20H19NO4/c22-17(10-13-4-2-1-3-5-13)15-11-18-19(25-9-8-24-18)12-16(15)21-20(23)14-6-7-14/h1-5,11-12,14H,6-10H2,(H,21,23). The molecule has 0 radical (unpaired) electrons. The molecule has 5 nitrogen and oxygen atoms in total. The van der Waals surface area contributed by atoms with E-state index in [4.69, 9.17) is 9.47 Å². The predicted molar refractivity (Wildman–Crippen MR) is 93.3 cm³/mol. The molecule has 1 aliphatic heterocycles. The van der Waals surface area contributed by atoms with Gasteiger partial charge in [0.15, 0.2) is 17.3 Å². The summed E-state index contributed by atoms with van der Waals surface area (Å²) in [5.41, 5.74) is 1.89. The van der Waals surface area contributed by atoms with Crippen LogP contribution in [0.5, 0.6) is 11.5 Å². The zero-order valence-corrected chi connectivity index (χ0v) is 13.8. The van der Waals surface area contributed by atoms with E-state index >= 15 is 0 Å². The van der Waals surface area contributed by atoms with Crippen LogP contribution in [0.3, 0.4) is 0 Å². The van der Waals surface area contributed by atoms with Crippen molar-refractivity contribution in [1.29, 1.82) is 0 Å². The van der Waals surface area contributed by atoms with Crippen LogP contribution in [0.25, 0.3) is 0 Å². The molecule has 4 rings (SSSR count). The Bertz CT molecular complexity index is 812. The second kappa shape index (κ2) is 6.59. The number of hydrogen-bond donors (Lipinski definition) is 1. The lowest BCUT2D eigenvalue weighted by Gasteiger charge is -2.21. The van der Waals surface area contributed by atoms with Crippen LogP contribution in [0, 0.1) is 5.92 Å². The van der Waals surface area contributed by atoms with E-state index in [9.17, 15) is 9.59 Å². The number of ketones is 1. The van der Waals surface area contributed by atoms with Crippen molar-refractivity contribution in [2.24, 2.45) is 5.92 Å². The van der Waals surface area contributed by atoms with Crippen molar-refractivity contribution in [3.05, 3.63) is 53.6 Å². The van der Waals surface area contributed by atoms with E-state index in [0.717, 1.165) is 18.4 Å². The van der Waals surface area contributed by atoms with Gasteiger partial charge in [-0.1, -0.05) is 30.3 Å². The number of benzene rings is 2. The monoisotopic (exact) mass is 337 g/mol. The first-order valence-corrected chi connectivity index (χ1v) is 8.52. The lowest BCUT2D eigenvalue weighted by molar-refractivity contribution is -0.117. The molecule has 2 aliphatic rings. The average molecular weight is 337 g/mol. The van der Waals surface area contributed by atoms with E-state index in [2.05, 4.69) is 5.32 Å². The quantitative estimate of drug-likeness (QED) is 0.851. The van der Waals surface area contributed by atoms with Gasteiger partial charge in [-0.05, 0) is 24.5 Å². The van der Waals surface area contributed by atoms with Gasteiger partial charge in [0.25, 0.3) is 0 Å². The minimum Gasteiger partial charge on any atom is -0.486 e. The number of Topliss-reactive ketones (excluding diaryl/α,β-unsaturated/α-hetero) is 1. The number of nitrogens with one attached hydrogen (secondary N) is 1. The average Bonchev–Trinajstić information content (AvgIpc) is 3.47. The molecule has 1 saturated carbocycles. The first-order valence-electron chi connectivity index (χ1n) is 8.52. The Morgan fingerprint density at radius 2 is 1.68 bits per heavy atom. The summed E-state index contributed by atoms with van der Waals surface area (Å²) in [5.74, 6) is 1.07. The molecule has 5 heteroatoms. The minimum absolute atomic E-state index is 0.0366. The lowest BCUT2D eigenvalue weighted by atomic mass is 10.0. The summed E-state index contributed by atoms with van der Waals surface area (Å²) >= 11 is 0. The normalized spacial score (nSPS) is 15.5. The van der Waals surface area contributed by atoms with Crippen LogP contribution < -0.4 is 14.8 Å². The summed E-state index contributed by atoms with van der Waals surface area (Å²) in [5, 5.41) is 2.89. The number of rotatable bonds is 5. The molecule has 2 aromatic carbocycles. The molecule has 1 fully saturated rings. The Morgan fingerprint density at radius 1 is 1.00 bits per heavy atom. The van der Waals surface area contributed by atoms with E-state index in [1.54, 1.807) is 12.1 Å². The van der Waals surface area contributed by atoms with Crippen LogP contribution in [0.2, 0.25) is 0 Å². The second-order valence-corrected chi connectivity index (χ2v) is 6.39. The number of amides is 1. The van der Waals surface area contributed by atoms with Gasteiger partial charge in [0.2, 0.25) is 5.91 Å². The first-order chi connectivity index (χ1) is 12.2. The molecular formula is C20H19NO4. The highest BCUT2D eigenvalue weighted by molar-refractivity contribution is 6.07. The molecule has 128 valence electrons. The molecule has 0 atom stereocenters. The maximum atomic E-state index is 12.8. The highest BCUT2D eigenvalue weighted by Gasteiger charge is 2.31. The van der Waals surface area contributed by atoms with Crippen LogP contribution >= 0.6 is 0 Å². The second-order valence-electron chi connectivity index (χ2n) is 6.39. The molecule has 1 heterocycles. The molecule has 0 spiro atoms. The third-order valence-electron chi connectivity index (χ3n) is 4.40. The topological polar surface area (TPSA) is 64.6 Å². The summed E-state index contributed by atoms with van der Waals surface area (Å²) in [6.07, 6.45) is 2.08. The van der Waals surface area contributed by atoms with Crippen LogP contribution in [0.15, 0.2) is 42.5 Å². The van der Waals surface area contributed by atoms with Crippen molar-refractivity contribution in [1.82, 2.24) is 0 Å². The molecule has 1 N–H and O–H groups in total. The van der Waals surface area contributed by atoms with Gasteiger partial charge in [0.05, 0.1) is 5.69 Å². The first kappa shape index (κ1) is 15.7. The third-order valence-corrected chi connectivity index (χ3v) is 4.40. The van der Waals surface area contributed by atoms with Gasteiger partial charge in [-0.15, -0.1) is 0 Å². The van der Waals surface area contributed by atoms with Crippen molar-refractivity contribution in [2.75, 3.05) is 18.5 Å². The fourth-order valence-corrected chi connectivity index (χ4v) is 2.88. The molecule has 0 unspecified atom stereocenters. The Morgan fingerprint density at radius 3 is 2.36 bits per heavy atom. The predicted octanol–water partition coefficient (Wildman–Crippen LogP) is 3.23. The number of carbonyl (C=O) groups is 2. The summed E-state index contributed by atoms with van der Waals surface area (Å²) in [6.45, 7) is 0.910. The van der Waals surface area contributed by atoms with Gasteiger partial charge in [-0.2, -0.15) is 0 Å². The summed E-state index contributed by atoms with van der Waals surface area (Å²) < 4.78 is 11.2. The van der Waals surface area contributed by atoms with E-state index in [-0.39, 0.29) is 24.0 Å². The Hall–Kier alpha value is -2.82. The SMILES string of the molecule is O=C(Cc1ccccc1)c1cc2c(cc1NC(=O)C1CC1)OCCO2. The maximum Gasteiger partial charge on any atom is 0.227 e. The van der Waals surface area contributed by atoms with Gasteiger partial charge >= 0.3 is 0 Å². The highest BCUT2D eigenvalue weighted by Crippen LogP contribution is 2.37. The Labute approximate surface area is 145 Å². The summed E-state index contributed by atoms with van der Waals surface area (Å²) in [7, 11) is 0. The zero-order chi connectivity index (χ0) is 17.2. The van der Waals surface area contributed by atoms with Crippen LogP contribution in [0.4, 0.5) is 5.69 Å². The van der Waals surface area contributed by atoms with Crippen LogP contribution in [-0.2, 0) is 11.2 Å². The van der Waals surface area contributed by atoms with E-state index in [0.29, 0.717) is 36.0 Å². The van der Waals surface area contributed by atoms with E-state index < -0.39 is 0 Å². The molecule has 0 saturated heterocycles. The van der Waals surface area contributed by atoms with Crippen molar-refractivity contribution in [2.45, 2.75) is 19.3 Å². The van der Waals surface area contributed by atoms with E-state index in [1.807, 2.05) is 30.3 Å². The zero-order valence-electron chi connectivity index (χ0n) is 13.8. The minimum atomic E-state index is -0.0609. The summed E-state index contributed by atoms with van der Waals surface area (Å²) in [4.78, 5) is 25.0. The van der Waals surface area contributed by atoms with Crippen molar-refractivity contribution in [3.63, 3.8) is 0 Å². The van der Waals surface area contributed by atoms with Gasteiger partial charge in [0, 0.05) is 24.0 Å². The number of ether oxygens (including phenoxy) is 2. The lowest BCUT2D eigenvalue weighted by Crippen LogP contribution is -2.20.